The van der Waals surface area contributed by atoms with Gasteiger partial charge >= 0.3 is 0 Å². The molecule has 0 N–H and O–H groups in total. The van der Waals surface area contributed by atoms with E-state index in [-0.39, 0.29) is 0 Å². The fraction of sp³-hybridized carbons (Fsp3) is 0.0164. The van der Waals surface area contributed by atoms with Crippen LogP contribution in [0.25, 0.3) is 54.2 Å². The molecule has 2 aliphatic rings. The molecule has 2 nitrogen and oxygen atoms in total. The van der Waals surface area contributed by atoms with Crippen LogP contribution in [-0.2, 0) is 5.41 Å². The summed E-state index contributed by atoms with van der Waals surface area (Å²) in [5, 5.41) is 3.74. The van der Waals surface area contributed by atoms with Crippen molar-refractivity contribution in [1.82, 2.24) is 0 Å². The Balaban J connectivity index is 1.07. The van der Waals surface area contributed by atoms with Gasteiger partial charge in [0, 0.05) is 54.2 Å². The van der Waals surface area contributed by atoms with E-state index in [1.165, 1.54) is 81.5 Å². The molecule has 10 aromatic carbocycles. The third-order valence-electron chi connectivity index (χ3n) is 13.4. The van der Waals surface area contributed by atoms with Gasteiger partial charge in [0.25, 0.3) is 0 Å². The normalized spacial score (nSPS) is 14.3. The number of nitrogens with zero attached hydrogens (tertiary/aromatic N) is 2. The molecule has 0 radical (unpaired) electrons. The van der Waals surface area contributed by atoms with Gasteiger partial charge in [-0.25, -0.2) is 0 Å². The summed E-state index contributed by atoms with van der Waals surface area (Å²) in [4.78, 5) is 6.28. The molecular formula is C61H40N2S. The number of benzene rings is 10. The van der Waals surface area contributed by atoms with Crippen molar-refractivity contribution in [3.63, 3.8) is 0 Å². The summed E-state index contributed by atoms with van der Waals surface area (Å²) in [6.07, 6.45) is 0. The monoisotopic (exact) mass is 832 g/mol. The maximum atomic E-state index is 2.49. The number of anilines is 6. The molecule has 0 aliphatic heterocycles. The van der Waals surface area contributed by atoms with Crippen LogP contribution in [-0.4, -0.2) is 0 Å². The first-order chi connectivity index (χ1) is 31.8. The van der Waals surface area contributed by atoms with E-state index in [4.69, 9.17) is 0 Å². The fourth-order valence-electron chi connectivity index (χ4n) is 10.8. The highest BCUT2D eigenvalue weighted by Gasteiger charge is 2.54. The van der Waals surface area contributed by atoms with E-state index in [9.17, 15) is 0 Å². The molecule has 1 unspecified atom stereocenters. The Labute approximate surface area is 377 Å². The van der Waals surface area contributed by atoms with Crippen LogP contribution in [0, 0.1) is 0 Å². The Hall–Kier alpha value is -7.98. The molecule has 13 rings (SSSR count). The quantitative estimate of drug-likeness (QED) is 0.158. The Morgan fingerprint density at radius 1 is 0.328 bits per heavy atom. The summed E-state index contributed by atoms with van der Waals surface area (Å²) in [7, 11) is 0. The Morgan fingerprint density at radius 3 is 1.67 bits per heavy atom. The van der Waals surface area contributed by atoms with Crippen LogP contribution < -0.4 is 9.80 Å². The predicted molar refractivity (Wildman–Crippen MR) is 270 cm³/mol. The van der Waals surface area contributed by atoms with Gasteiger partial charge in [0.05, 0.1) is 16.8 Å². The zero-order valence-electron chi connectivity index (χ0n) is 34.9. The highest BCUT2D eigenvalue weighted by Crippen LogP contribution is 2.68. The highest BCUT2D eigenvalue weighted by molar-refractivity contribution is 7.20. The van der Waals surface area contributed by atoms with E-state index < -0.39 is 5.41 Å². The number of thiophene rings is 1. The summed E-state index contributed by atoms with van der Waals surface area (Å²) in [5.74, 6) is 0. The maximum Gasteiger partial charge on any atom is 0.0820 e. The molecule has 11 aromatic rings. The SMILES string of the molecule is c1ccc(-c2ccc(N(c3ccccc3)c3ccc4c(c3)-c3c(sc5ccccc35)C43c4ccccc4-c4c(N(c5ccccc5)c5cccc6ccccc56)cccc43)cc2)cc1. The van der Waals surface area contributed by atoms with Gasteiger partial charge in [-0.15, -0.1) is 11.3 Å². The van der Waals surface area contributed by atoms with Crippen LogP contribution in [0.4, 0.5) is 34.1 Å². The minimum absolute atomic E-state index is 0.523. The zero-order valence-corrected chi connectivity index (χ0v) is 35.7. The number of para-hydroxylation sites is 2. The molecule has 0 bridgehead atoms. The summed E-state index contributed by atoms with van der Waals surface area (Å²) >= 11 is 1.95. The minimum Gasteiger partial charge on any atom is -0.310 e. The second-order valence-electron chi connectivity index (χ2n) is 16.8. The molecule has 0 fully saturated rings. The van der Waals surface area contributed by atoms with Crippen molar-refractivity contribution in [3.05, 3.63) is 264 Å². The van der Waals surface area contributed by atoms with E-state index in [1.54, 1.807) is 0 Å². The third kappa shape index (κ3) is 5.38. The average molecular weight is 833 g/mol. The minimum atomic E-state index is -0.523. The second-order valence-corrected chi connectivity index (χ2v) is 17.8. The van der Waals surface area contributed by atoms with Gasteiger partial charge in [-0.05, 0) is 111 Å². The number of rotatable bonds is 7. The molecule has 1 atom stereocenters. The van der Waals surface area contributed by atoms with Crippen LogP contribution in [0.1, 0.15) is 21.6 Å². The number of fused-ring (bicyclic) bond motifs is 13. The Bertz CT molecular complexity index is 3550. The van der Waals surface area contributed by atoms with Gasteiger partial charge in [0.1, 0.15) is 0 Å². The topological polar surface area (TPSA) is 6.48 Å². The Morgan fingerprint density at radius 2 is 0.875 bits per heavy atom. The van der Waals surface area contributed by atoms with E-state index >= 15 is 0 Å². The molecule has 1 heterocycles. The average Bonchev–Trinajstić information content (AvgIpc) is 3.99. The molecular weight excluding hydrogens is 793 g/mol. The predicted octanol–water partition coefficient (Wildman–Crippen LogP) is 17.0. The fourth-order valence-corrected chi connectivity index (χ4v) is 12.2. The van der Waals surface area contributed by atoms with Crippen LogP contribution in [0.2, 0.25) is 0 Å². The van der Waals surface area contributed by atoms with Crippen molar-refractivity contribution in [2.24, 2.45) is 0 Å². The lowest BCUT2D eigenvalue weighted by Crippen LogP contribution is -2.25. The lowest BCUT2D eigenvalue weighted by Gasteiger charge is -2.32. The highest BCUT2D eigenvalue weighted by atomic mass is 32.1. The van der Waals surface area contributed by atoms with E-state index in [0.717, 1.165) is 28.4 Å². The lowest BCUT2D eigenvalue weighted by molar-refractivity contribution is 0.811. The van der Waals surface area contributed by atoms with Crippen LogP contribution in [0.3, 0.4) is 0 Å². The molecule has 0 saturated carbocycles. The third-order valence-corrected chi connectivity index (χ3v) is 14.7. The van der Waals surface area contributed by atoms with Crippen molar-refractivity contribution in [1.29, 1.82) is 0 Å². The lowest BCUT2D eigenvalue weighted by atomic mass is 9.74. The van der Waals surface area contributed by atoms with Crippen molar-refractivity contribution >= 4 is 66.3 Å². The van der Waals surface area contributed by atoms with Gasteiger partial charge in [-0.3, -0.25) is 0 Å². The summed E-state index contributed by atoms with van der Waals surface area (Å²) in [6.45, 7) is 0. The van der Waals surface area contributed by atoms with Crippen LogP contribution in [0.5, 0.6) is 0 Å². The number of hydrogen-bond acceptors (Lipinski definition) is 3. The smallest absolute Gasteiger partial charge is 0.0820 e. The van der Waals surface area contributed by atoms with Gasteiger partial charge in [0.2, 0.25) is 0 Å². The Kier molecular flexibility index (Phi) is 8.34. The molecule has 3 heteroatoms. The second kappa shape index (κ2) is 14.6. The first-order valence-corrected chi connectivity index (χ1v) is 22.8. The summed E-state index contributed by atoms with van der Waals surface area (Å²) in [5.41, 5.74) is 17.9. The van der Waals surface area contributed by atoms with Crippen LogP contribution in [0.15, 0.2) is 243 Å². The largest absolute Gasteiger partial charge is 0.310 e. The van der Waals surface area contributed by atoms with Crippen molar-refractivity contribution in [3.8, 4) is 33.4 Å². The molecule has 0 amide bonds. The maximum absolute atomic E-state index is 2.49. The van der Waals surface area contributed by atoms with Gasteiger partial charge in [0.15, 0.2) is 0 Å². The first-order valence-electron chi connectivity index (χ1n) is 22.0. The molecule has 0 saturated heterocycles. The van der Waals surface area contributed by atoms with Gasteiger partial charge in [-0.1, -0.05) is 176 Å². The molecule has 1 spiro atoms. The first kappa shape index (κ1) is 36.7. The summed E-state index contributed by atoms with van der Waals surface area (Å²) in [6, 6.07) is 89.3. The van der Waals surface area contributed by atoms with Crippen molar-refractivity contribution in [2.75, 3.05) is 9.80 Å². The summed E-state index contributed by atoms with van der Waals surface area (Å²) < 4.78 is 1.31. The standard InChI is InChI=1S/C61H40N2S/c1-4-18-41(19-5-1)42-34-36-46(37-35-42)62(44-22-6-2-7-23-44)47-38-39-53-51(40-47)58-50-28-13-15-33-57(50)64-60(58)61(53)52-29-14-12-27-49(52)59-54(61)30-17-32-56(59)63(45-24-8-3-9-25-45)55-31-16-21-43-20-10-11-26-48(43)55/h1-40H. The van der Waals surface area contributed by atoms with E-state index in [2.05, 4.69) is 252 Å². The van der Waals surface area contributed by atoms with Crippen molar-refractivity contribution in [2.45, 2.75) is 5.41 Å². The molecule has 300 valence electrons. The molecule has 64 heavy (non-hydrogen) atoms. The zero-order chi connectivity index (χ0) is 42.2. The van der Waals surface area contributed by atoms with E-state index in [1.807, 2.05) is 11.3 Å². The van der Waals surface area contributed by atoms with Gasteiger partial charge < -0.3 is 9.80 Å². The van der Waals surface area contributed by atoms with Crippen molar-refractivity contribution < 1.29 is 0 Å². The van der Waals surface area contributed by atoms with Crippen LogP contribution >= 0.6 is 11.3 Å². The number of hydrogen-bond donors (Lipinski definition) is 0. The molecule has 1 aromatic heterocycles. The van der Waals surface area contributed by atoms with Gasteiger partial charge in [-0.2, -0.15) is 0 Å². The molecule has 2 aliphatic carbocycles. The van der Waals surface area contributed by atoms with E-state index in [0.29, 0.717) is 0 Å².